The molecule has 0 amide bonds. The average Bonchev–Trinajstić information content (AvgIpc) is 3.02. The van der Waals surface area contributed by atoms with E-state index in [2.05, 4.69) is 50.3 Å². The van der Waals surface area contributed by atoms with E-state index in [-0.39, 0.29) is 25.2 Å². The van der Waals surface area contributed by atoms with Crippen LogP contribution < -0.4 is 0 Å². The van der Waals surface area contributed by atoms with Crippen molar-refractivity contribution in [2.24, 2.45) is 0 Å². The lowest BCUT2D eigenvalue weighted by molar-refractivity contribution is -0.161. The van der Waals surface area contributed by atoms with Gasteiger partial charge in [-0.25, -0.2) is 0 Å². The van der Waals surface area contributed by atoms with Crippen molar-refractivity contribution in [3.63, 3.8) is 0 Å². The van der Waals surface area contributed by atoms with Crippen LogP contribution in [0, 0.1) is 0 Å². The minimum absolute atomic E-state index is 0.0740. The number of aliphatic hydroxyl groups excluding tert-OH is 1. The smallest absolute Gasteiger partial charge is 0.306 e. The first-order valence-corrected chi connectivity index (χ1v) is 18.5. The number of unbranched alkanes of at least 4 members (excludes halogenated alkanes) is 19. The standard InChI is InChI=1S/C39H70O5/c1-3-5-7-9-11-13-15-17-19-21-23-25-27-29-31-33-38(41)43-36-37(35-40)44-39(42)34-32-30-28-26-24-22-20-18-16-14-12-10-8-6-4-2/h11,13-14,16-17,19,37,40H,3-10,12,15,18,20-36H2,1-2H3/b13-11-,16-14-,19-17-/t37-/m0/s1. The number of carbonyl (C=O) groups is 2. The van der Waals surface area contributed by atoms with Gasteiger partial charge in [0.1, 0.15) is 6.61 Å². The van der Waals surface area contributed by atoms with Gasteiger partial charge >= 0.3 is 11.9 Å². The van der Waals surface area contributed by atoms with Crippen molar-refractivity contribution in [2.45, 2.75) is 187 Å². The zero-order valence-corrected chi connectivity index (χ0v) is 28.9. The number of aliphatic hydroxyl groups is 1. The van der Waals surface area contributed by atoms with E-state index in [0.717, 1.165) is 51.4 Å². The average molecular weight is 619 g/mol. The van der Waals surface area contributed by atoms with Crippen LogP contribution in [0.15, 0.2) is 36.5 Å². The maximum atomic E-state index is 12.1. The van der Waals surface area contributed by atoms with Gasteiger partial charge in [0.2, 0.25) is 0 Å². The van der Waals surface area contributed by atoms with Crippen molar-refractivity contribution < 1.29 is 24.2 Å². The Morgan fingerprint density at radius 3 is 1.41 bits per heavy atom. The van der Waals surface area contributed by atoms with E-state index >= 15 is 0 Å². The van der Waals surface area contributed by atoms with E-state index in [1.807, 2.05) is 0 Å². The largest absolute Gasteiger partial charge is 0.462 e. The lowest BCUT2D eigenvalue weighted by Crippen LogP contribution is -2.28. The van der Waals surface area contributed by atoms with Crippen molar-refractivity contribution in [3.8, 4) is 0 Å². The molecule has 1 N–H and O–H groups in total. The molecule has 256 valence electrons. The highest BCUT2D eigenvalue weighted by atomic mass is 16.6. The summed E-state index contributed by atoms with van der Waals surface area (Å²) in [7, 11) is 0. The number of hydrogen-bond acceptors (Lipinski definition) is 5. The maximum Gasteiger partial charge on any atom is 0.306 e. The Morgan fingerprint density at radius 2 is 0.909 bits per heavy atom. The van der Waals surface area contributed by atoms with Crippen LogP contribution in [0.5, 0.6) is 0 Å². The number of allylic oxidation sites excluding steroid dienone is 6. The molecule has 0 unspecified atom stereocenters. The highest BCUT2D eigenvalue weighted by Gasteiger charge is 2.16. The highest BCUT2D eigenvalue weighted by Crippen LogP contribution is 2.12. The lowest BCUT2D eigenvalue weighted by atomic mass is 10.1. The summed E-state index contributed by atoms with van der Waals surface area (Å²) in [6, 6.07) is 0. The SMILES string of the molecule is CCCCC/C=C\C/C=C\CCCCCCCC(=O)OC[C@H](CO)OC(=O)CCCCCCCCC/C=C\CCCCCC. The van der Waals surface area contributed by atoms with Crippen LogP contribution in [-0.2, 0) is 19.1 Å². The van der Waals surface area contributed by atoms with Crippen LogP contribution in [-0.4, -0.2) is 36.4 Å². The lowest BCUT2D eigenvalue weighted by Gasteiger charge is -2.15. The van der Waals surface area contributed by atoms with E-state index in [1.165, 1.54) is 103 Å². The zero-order chi connectivity index (χ0) is 32.2. The van der Waals surface area contributed by atoms with E-state index in [1.54, 1.807) is 0 Å². The first-order valence-electron chi connectivity index (χ1n) is 18.5. The molecule has 0 aromatic rings. The maximum absolute atomic E-state index is 12.1. The van der Waals surface area contributed by atoms with E-state index < -0.39 is 6.10 Å². The summed E-state index contributed by atoms with van der Waals surface area (Å²) < 4.78 is 10.6. The predicted octanol–water partition coefficient (Wildman–Crippen LogP) is 11.3. The Labute approximate surface area is 272 Å². The summed E-state index contributed by atoms with van der Waals surface area (Å²) in [6.45, 7) is 4.07. The Kier molecular flexibility index (Phi) is 34.1. The fourth-order valence-corrected chi connectivity index (χ4v) is 5.05. The second-order valence-electron chi connectivity index (χ2n) is 12.3. The normalized spacial score (nSPS) is 12.5. The number of carbonyl (C=O) groups excluding carboxylic acids is 2. The molecular formula is C39H70O5. The second-order valence-corrected chi connectivity index (χ2v) is 12.3. The molecule has 0 heterocycles. The minimum Gasteiger partial charge on any atom is -0.462 e. The zero-order valence-electron chi connectivity index (χ0n) is 28.9. The first-order chi connectivity index (χ1) is 21.6. The monoisotopic (exact) mass is 619 g/mol. The van der Waals surface area contributed by atoms with E-state index in [4.69, 9.17) is 9.47 Å². The van der Waals surface area contributed by atoms with Gasteiger partial charge < -0.3 is 14.6 Å². The molecule has 1 atom stereocenters. The topological polar surface area (TPSA) is 72.8 Å². The second kappa shape index (κ2) is 35.6. The molecule has 5 heteroatoms. The highest BCUT2D eigenvalue weighted by molar-refractivity contribution is 5.70. The number of ether oxygens (including phenoxy) is 2. The van der Waals surface area contributed by atoms with Gasteiger partial charge in [0.05, 0.1) is 6.61 Å². The molecule has 0 saturated carbocycles. The molecule has 0 aliphatic rings. The Hall–Kier alpha value is -1.88. The molecule has 0 aliphatic carbocycles. The summed E-state index contributed by atoms with van der Waals surface area (Å²) in [6.07, 6.45) is 41.9. The van der Waals surface area contributed by atoms with Gasteiger partial charge in [-0.15, -0.1) is 0 Å². The van der Waals surface area contributed by atoms with Crippen molar-refractivity contribution in [2.75, 3.05) is 13.2 Å². The van der Waals surface area contributed by atoms with Gasteiger partial charge in [-0.1, -0.05) is 134 Å². The summed E-state index contributed by atoms with van der Waals surface area (Å²) in [5.74, 6) is -0.612. The van der Waals surface area contributed by atoms with Gasteiger partial charge in [0, 0.05) is 12.8 Å². The Morgan fingerprint density at radius 1 is 0.523 bits per heavy atom. The van der Waals surface area contributed by atoms with Crippen molar-refractivity contribution in [1.29, 1.82) is 0 Å². The quantitative estimate of drug-likeness (QED) is 0.0450. The van der Waals surface area contributed by atoms with E-state index in [9.17, 15) is 14.7 Å². The molecule has 0 radical (unpaired) electrons. The van der Waals surface area contributed by atoms with Gasteiger partial charge in [-0.05, 0) is 70.6 Å². The summed E-state index contributed by atoms with van der Waals surface area (Å²) in [5.41, 5.74) is 0. The molecule has 0 rings (SSSR count). The third-order valence-corrected chi connectivity index (χ3v) is 7.91. The third-order valence-electron chi connectivity index (χ3n) is 7.91. The van der Waals surface area contributed by atoms with Gasteiger partial charge in [-0.3, -0.25) is 9.59 Å². The molecular weight excluding hydrogens is 548 g/mol. The fraction of sp³-hybridized carbons (Fsp3) is 0.795. The summed E-state index contributed by atoms with van der Waals surface area (Å²) >= 11 is 0. The van der Waals surface area contributed by atoms with Crippen molar-refractivity contribution >= 4 is 11.9 Å². The molecule has 0 saturated heterocycles. The van der Waals surface area contributed by atoms with Gasteiger partial charge in [0.15, 0.2) is 6.10 Å². The van der Waals surface area contributed by atoms with Gasteiger partial charge in [-0.2, -0.15) is 0 Å². The molecule has 5 nitrogen and oxygen atoms in total. The minimum atomic E-state index is -0.776. The Balaban J connectivity index is 3.60. The molecule has 0 bridgehead atoms. The third kappa shape index (κ3) is 33.0. The summed E-state index contributed by atoms with van der Waals surface area (Å²) in [4.78, 5) is 24.2. The molecule has 0 aromatic carbocycles. The Bertz CT molecular complexity index is 711. The summed E-state index contributed by atoms with van der Waals surface area (Å²) in [5, 5.41) is 9.53. The molecule has 44 heavy (non-hydrogen) atoms. The van der Waals surface area contributed by atoms with Crippen LogP contribution in [0.2, 0.25) is 0 Å². The van der Waals surface area contributed by atoms with Gasteiger partial charge in [0.25, 0.3) is 0 Å². The predicted molar refractivity (Wildman–Crippen MR) is 187 cm³/mol. The van der Waals surface area contributed by atoms with E-state index in [0.29, 0.717) is 12.8 Å². The van der Waals surface area contributed by atoms with Crippen LogP contribution in [0.3, 0.4) is 0 Å². The van der Waals surface area contributed by atoms with Crippen molar-refractivity contribution in [3.05, 3.63) is 36.5 Å². The number of esters is 2. The molecule has 0 spiro atoms. The van der Waals surface area contributed by atoms with Crippen LogP contribution >= 0.6 is 0 Å². The number of rotatable bonds is 33. The van der Waals surface area contributed by atoms with Crippen LogP contribution in [0.1, 0.15) is 181 Å². The molecule has 0 aliphatic heterocycles. The van der Waals surface area contributed by atoms with Crippen LogP contribution in [0.4, 0.5) is 0 Å². The number of hydrogen-bond donors (Lipinski definition) is 1. The van der Waals surface area contributed by atoms with Crippen molar-refractivity contribution in [1.82, 2.24) is 0 Å². The first kappa shape index (κ1) is 42.1. The fourth-order valence-electron chi connectivity index (χ4n) is 5.05. The molecule has 0 aromatic heterocycles. The molecule has 0 fully saturated rings. The van der Waals surface area contributed by atoms with Crippen LogP contribution in [0.25, 0.3) is 0 Å².